The van der Waals surface area contributed by atoms with Crippen LogP contribution in [-0.2, 0) is 0 Å². The Kier molecular flexibility index (Phi) is 2.79. The number of ether oxygens (including phenoxy) is 1. The number of nitriles is 1. The molecule has 1 aliphatic rings. The average Bonchev–Trinajstić information content (AvgIpc) is 3.11. The third-order valence-corrected chi connectivity index (χ3v) is 3.93. The molecule has 22 heavy (non-hydrogen) atoms. The lowest BCUT2D eigenvalue weighted by Crippen LogP contribution is -2.00. The first-order valence-corrected chi connectivity index (χ1v) is 7.15. The van der Waals surface area contributed by atoms with Gasteiger partial charge in [0.05, 0.1) is 5.56 Å². The number of hydrogen-bond donors (Lipinski definition) is 0. The van der Waals surface area contributed by atoms with Crippen molar-refractivity contribution < 1.29 is 4.74 Å². The molecule has 2 atom stereocenters. The minimum Gasteiger partial charge on any atom is -0.436 e. The molecular weight excluding hydrogens is 278 g/mol. The zero-order valence-corrected chi connectivity index (χ0v) is 12.0. The van der Waals surface area contributed by atoms with E-state index >= 15 is 0 Å². The van der Waals surface area contributed by atoms with Crippen molar-refractivity contribution in [3.8, 4) is 17.7 Å². The molecule has 0 bridgehead atoms. The Balaban J connectivity index is 1.72. The molecule has 108 valence electrons. The van der Waals surface area contributed by atoms with Crippen LogP contribution in [0.25, 0.3) is 5.65 Å². The molecule has 0 spiro atoms. The van der Waals surface area contributed by atoms with Crippen molar-refractivity contribution in [2.24, 2.45) is 5.92 Å². The third-order valence-electron chi connectivity index (χ3n) is 3.93. The lowest BCUT2D eigenvalue weighted by Gasteiger charge is -2.06. The summed E-state index contributed by atoms with van der Waals surface area (Å²) in [6.45, 7) is 2.19. The highest BCUT2D eigenvalue weighted by molar-refractivity contribution is 5.45. The van der Waals surface area contributed by atoms with Crippen molar-refractivity contribution in [1.29, 1.82) is 5.26 Å². The minimum absolute atomic E-state index is 0.421. The molecule has 6 heteroatoms. The van der Waals surface area contributed by atoms with Gasteiger partial charge in [-0.3, -0.25) is 0 Å². The quantitative estimate of drug-likeness (QED) is 0.741. The summed E-state index contributed by atoms with van der Waals surface area (Å²) >= 11 is 0. The van der Waals surface area contributed by atoms with E-state index in [2.05, 4.69) is 28.3 Å². The highest BCUT2D eigenvalue weighted by Crippen LogP contribution is 2.45. The van der Waals surface area contributed by atoms with E-state index in [9.17, 15) is 0 Å². The average molecular weight is 291 g/mol. The molecule has 2 aromatic heterocycles. The van der Waals surface area contributed by atoms with Gasteiger partial charge in [0.15, 0.2) is 11.5 Å². The van der Waals surface area contributed by atoms with Gasteiger partial charge in [0.2, 0.25) is 5.88 Å². The zero-order valence-electron chi connectivity index (χ0n) is 12.0. The Hall–Kier alpha value is -2.94. The van der Waals surface area contributed by atoms with Gasteiger partial charge < -0.3 is 4.74 Å². The predicted octanol–water partition coefficient (Wildman–Crippen LogP) is 2.91. The Morgan fingerprint density at radius 1 is 1.23 bits per heavy atom. The number of aromatic nitrogens is 4. The van der Waals surface area contributed by atoms with E-state index in [0.29, 0.717) is 34.7 Å². The number of para-hydroxylation sites is 1. The van der Waals surface area contributed by atoms with Crippen molar-refractivity contribution >= 4 is 5.65 Å². The van der Waals surface area contributed by atoms with Gasteiger partial charge in [0, 0.05) is 12.0 Å². The normalized spacial score (nSPS) is 19.8. The van der Waals surface area contributed by atoms with E-state index in [1.165, 1.54) is 0 Å². The number of hydrogen-bond acceptors (Lipinski definition) is 5. The van der Waals surface area contributed by atoms with Crippen LogP contribution in [0.2, 0.25) is 0 Å². The topological polar surface area (TPSA) is 76.1 Å². The molecule has 0 saturated heterocycles. The fourth-order valence-corrected chi connectivity index (χ4v) is 2.52. The summed E-state index contributed by atoms with van der Waals surface area (Å²) in [5.41, 5.74) is 1.18. The molecule has 6 nitrogen and oxygen atoms in total. The third kappa shape index (κ3) is 2.07. The number of rotatable bonds is 3. The van der Waals surface area contributed by atoms with Crippen LogP contribution in [0.5, 0.6) is 11.6 Å². The van der Waals surface area contributed by atoms with E-state index in [1.807, 2.05) is 12.1 Å². The molecule has 0 radical (unpaired) electrons. The second-order valence-electron chi connectivity index (χ2n) is 5.53. The van der Waals surface area contributed by atoms with Crippen LogP contribution in [-0.4, -0.2) is 19.8 Å². The minimum atomic E-state index is 0.421. The van der Waals surface area contributed by atoms with Crippen molar-refractivity contribution in [2.45, 2.75) is 19.3 Å². The molecule has 0 N–H and O–H groups in total. The van der Waals surface area contributed by atoms with Gasteiger partial charge in [0.25, 0.3) is 0 Å². The van der Waals surface area contributed by atoms with Crippen molar-refractivity contribution in [3.63, 3.8) is 0 Å². The van der Waals surface area contributed by atoms with Gasteiger partial charge in [-0.1, -0.05) is 19.1 Å². The monoisotopic (exact) mass is 291 g/mol. The van der Waals surface area contributed by atoms with Gasteiger partial charge in [-0.15, -0.1) is 15.3 Å². The van der Waals surface area contributed by atoms with E-state index in [0.717, 1.165) is 12.2 Å². The fraction of sp³-hybridized carbons (Fsp3) is 0.250. The second-order valence-corrected chi connectivity index (χ2v) is 5.53. The maximum Gasteiger partial charge on any atom is 0.237 e. The van der Waals surface area contributed by atoms with Crippen molar-refractivity contribution in [1.82, 2.24) is 19.8 Å². The first kappa shape index (κ1) is 12.8. The maximum atomic E-state index is 9.11. The lowest BCUT2D eigenvalue weighted by atomic mass is 10.2. The molecule has 1 saturated carbocycles. The smallest absolute Gasteiger partial charge is 0.237 e. The van der Waals surface area contributed by atoms with Crippen LogP contribution in [0.4, 0.5) is 0 Å². The van der Waals surface area contributed by atoms with Crippen molar-refractivity contribution in [2.75, 3.05) is 0 Å². The second kappa shape index (κ2) is 4.81. The summed E-state index contributed by atoms with van der Waals surface area (Å²) in [6, 6.07) is 12.8. The maximum absolute atomic E-state index is 9.11. The Labute approximate surface area is 127 Å². The van der Waals surface area contributed by atoms with Crippen LogP contribution >= 0.6 is 0 Å². The van der Waals surface area contributed by atoms with Crippen molar-refractivity contribution in [3.05, 3.63) is 47.8 Å². The standard InChI is InChI=1S/C16H13N5O/c1-10-8-12(10)16-19-18-14-6-7-15(20-21(14)16)22-13-5-3-2-4-11(13)9-17/h2-7,10,12H,8H2,1H3. The zero-order chi connectivity index (χ0) is 15.1. The summed E-state index contributed by atoms with van der Waals surface area (Å²) < 4.78 is 7.48. The first-order chi connectivity index (χ1) is 10.8. The molecule has 2 unspecified atom stereocenters. The molecule has 3 aromatic rings. The SMILES string of the molecule is CC1CC1c1nnc2ccc(Oc3ccccc3C#N)nn12. The van der Waals surface area contributed by atoms with Gasteiger partial charge in [0.1, 0.15) is 11.8 Å². The summed E-state index contributed by atoms with van der Waals surface area (Å²) in [5.74, 6) is 2.83. The highest BCUT2D eigenvalue weighted by Gasteiger charge is 2.38. The number of fused-ring (bicyclic) bond motifs is 1. The number of benzene rings is 1. The van der Waals surface area contributed by atoms with E-state index in [-0.39, 0.29) is 0 Å². The molecule has 2 heterocycles. The first-order valence-electron chi connectivity index (χ1n) is 7.15. The van der Waals surface area contributed by atoms with Crippen LogP contribution in [0.3, 0.4) is 0 Å². The lowest BCUT2D eigenvalue weighted by molar-refractivity contribution is 0.449. The number of nitrogens with zero attached hydrogens (tertiary/aromatic N) is 5. The van der Waals surface area contributed by atoms with Gasteiger partial charge in [-0.25, -0.2) is 0 Å². The van der Waals surface area contributed by atoms with E-state index < -0.39 is 0 Å². The molecule has 1 aromatic carbocycles. The Bertz CT molecular complexity index is 895. The molecule has 1 fully saturated rings. The predicted molar refractivity (Wildman–Crippen MR) is 78.5 cm³/mol. The summed E-state index contributed by atoms with van der Waals surface area (Å²) in [5, 5.41) is 21.9. The molecule has 4 rings (SSSR count). The largest absolute Gasteiger partial charge is 0.436 e. The fourth-order valence-electron chi connectivity index (χ4n) is 2.52. The Morgan fingerprint density at radius 2 is 2.05 bits per heavy atom. The van der Waals surface area contributed by atoms with Gasteiger partial charge >= 0.3 is 0 Å². The molecular formula is C16H13N5O. The van der Waals surface area contributed by atoms with Crippen LogP contribution in [0, 0.1) is 17.2 Å². The summed E-state index contributed by atoms with van der Waals surface area (Å²) in [6.07, 6.45) is 1.12. The van der Waals surface area contributed by atoms with E-state index in [1.54, 1.807) is 28.8 Å². The summed E-state index contributed by atoms with van der Waals surface area (Å²) in [7, 11) is 0. The van der Waals surface area contributed by atoms with Crippen LogP contribution in [0.15, 0.2) is 36.4 Å². The molecule has 1 aliphatic carbocycles. The Morgan fingerprint density at radius 3 is 2.82 bits per heavy atom. The van der Waals surface area contributed by atoms with Gasteiger partial charge in [-0.05, 0) is 30.5 Å². The van der Waals surface area contributed by atoms with Crippen LogP contribution in [0.1, 0.15) is 30.7 Å². The van der Waals surface area contributed by atoms with Gasteiger partial charge in [-0.2, -0.15) is 9.78 Å². The van der Waals surface area contributed by atoms with E-state index in [4.69, 9.17) is 10.00 Å². The molecule has 0 amide bonds. The highest BCUT2D eigenvalue weighted by atomic mass is 16.5. The molecule has 0 aliphatic heterocycles. The van der Waals surface area contributed by atoms with Crippen LogP contribution < -0.4 is 4.74 Å². The summed E-state index contributed by atoms with van der Waals surface area (Å²) in [4.78, 5) is 0.